The largest absolute Gasteiger partial charge is 0.325 e. The molecule has 114 valence electrons. The monoisotopic (exact) mass is 300 g/mol. The van der Waals surface area contributed by atoms with E-state index in [9.17, 15) is 8.42 Å². The van der Waals surface area contributed by atoms with E-state index < -0.39 is 10.0 Å². The van der Waals surface area contributed by atoms with Gasteiger partial charge in [-0.05, 0) is 25.7 Å². The zero-order chi connectivity index (χ0) is 14.9. The van der Waals surface area contributed by atoms with Gasteiger partial charge < -0.3 is 5.73 Å². The van der Waals surface area contributed by atoms with Crippen LogP contribution in [0.2, 0.25) is 0 Å². The number of H-pyrrole nitrogens is 1. The molecule has 0 spiro atoms. The predicted octanol–water partition coefficient (Wildman–Crippen LogP) is 1.38. The van der Waals surface area contributed by atoms with E-state index in [0.717, 1.165) is 19.3 Å². The Labute approximate surface area is 120 Å². The minimum atomic E-state index is -3.54. The van der Waals surface area contributed by atoms with Crippen molar-refractivity contribution in [1.29, 1.82) is 0 Å². The number of nitrogens with zero attached hydrogens (tertiary/aromatic N) is 2. The Balaban J connectivity index is 2.36. The molecule has 2 rings (SSSR count). The van der Waals surface area contributed by atoms with E-state index in [2.05, 4.69) is 17.1 Å². The van der Waals surface area contributed by atoms with Crippen LogP contribution in [0.4, 0.5) is 0 Å². The van der Waals surface area contributed by atoms with E-state index in [1.807, 2.05) is 0 Å². The van der Waals surface area contributed by atoms with Crippen molar-refractivity contribution in [3.05, 3.63) is 11.4 Å². The van der Waals surface area contributed by atoms with Gasteiger partial charge >= 0.3 is 0 Å². The van der Waals surface area contributed by atoms with Gasteiger partial charge in [0.25, 0.3) is 0 Å². The lowest BCUT2D eigenvalue weighted by Crippen LogP contribution is -2.43. The Morgan fingerprint density at radius 3 is 2.65 bits per heavy atom. The molecule has 2 atom stereocenters. The summed E-state index contributed by atoms with van der Waals surface area (Å²) in [5.74, 6) is 0.386. The van der Waals surface area contributed by atoms with Crippen LogP contribution in [0, 0.1) is 12.8 Å². The molecule has 1 aliphatic rings. The molecular weight excluding hydrogens is 276 g/mol. The maximum atomic E-state index is 12.8. The van der Waals surface area contributed by atoms with Crippen LogP contribution in [0.25, 0.3) is 0 Å². The zero-order valence-electron chi connectivity index (χ0n) is 12.4. The summed E-state index contributed by atoms with van der Waals surface area (Å²) >= 11 is 0. The topological polar surface area (TPSA) is 92.1 Å². The normalized spacial score (nSPS) is 24.2. The first-order valence-electron chi connectivity index (χ1n) is 7.11. The first kappa shape index (κ1) is 15.5. The number of sulfonamides is 1. The number of rotatable bonds is 4. The van der Waals surface area contributed by atoms with Crippen LogP contribution < -0.4 is 5.73 Å². The first-order chi connectivity index (χ1) is 9.39. The van der Waals surface area contributed by atoms with Crippen molar-refractivity contribution in [3.63, 3.8) is 0 Å². The zero-order valence-corrected chi connectivity index (χ0v) is 13.2. The number of aryl methyl sites for hydroxylation is 1. The molecule has 0 amide bonds. The van der Waals surface area contributed by atoms with Crippen molar-refractivity contribution in [2.75, 3.05) is 7.05 Å². The number of hydrogen-bond donors (Lipinski definition) is 2. The van der Waals surface area contributed by atoms with Gasteiger partial charge in [0, 0.05) is 19.6 Å². The number of nitrogens with one attached hydrogen (secondary N) is 1. The van der Waals surface area contributed by atoms with Crippen LogP contribution in [0.1, 0.15) is 44.0 Å². The summed E-state index contributed by atoms with van der Waals surface area (Å²) in [6, 6.07) is 0.0636. The highest BCUT2D eigenvalue weighted by molar-refractivity contribution is 7.89. The van der Waals surface area contributed by atoms with Gasteiger partial charge in [0.05, 0.1) is 11.4 Å². The second-order valence-corrected chi connectivity index (χ2v) is 7.61. The molecule has 0 saturated heterocycles. The van der Waals surface area contributed by atoms with Gasteiger partial charge in [-0.2, -0.15) is 9.40 Å². The van der Waals surface area contributed by atoms with Crippen LogP contribution in [0.3, 0.4) is 0 Å². The molecule has 2 unspecified atom stereocenters. The lowest BCUT2D eigenvalue weighted by Gasteiger charge is -2.35. The molecule has 1 fully saturated rings. The third-order valence-corrected chi connectivity index (χ3v) is 6.41. The molecule has 1 aliphatic carbocycles. The fourth-order valence-corrected chi connectivity index (χ4v) is 4.93. The van der Waals surface area contributed by atoms with Gasteiger partial charge in [-0.25, -0.2) is 8.42 Å². The molecule has 20 heavy (non-hydrogen) atoms. The molecule has 6 nitrogen and oxygen atoms in total. The fourth-order valence-electron chi connectivity index (χ4n) is 3.11. The summed E-state index contributed by atoms with van der Waals surface area (Å²) in [5.41, 5.74) is 6.57. The first-order valence-corrected chi connectivity index (χ1v) is 8.55. The third kappa shape index (κ3) is 2.62. The number of nitrogens with two attached hydrogens (primary N) is 1. The molecule has 1 heterocycles. The summed E-state index contributed by atoms with van der Waals surface area (Å²) < 4.78 is 27.2. The van der Waals surface area contributed by atoms with Gasteiger partial charge in [0.1, 0.15) is 4.90 Å². The second-order valence-electron chi connectivity index (χ2n) is 5.68. The highest BCUT2D eigenvalue weighted by Crippen LogP contribution is 2.31. The molecule has 3 N–H and O–H groups in total. The van der Waals surface area contributed by atoms with Crippen LogP contribution in [-0.2, 0) is 16.6 Å². The quantitative estimate of drug-likeness (QED) is 0.878. The van der Waals surface area contributed by atoms with Crippen LogP contribution in [-0.4, -0.2) is 36.0 Å². The molecule has 1 aromatic heterocycles. The van der Waals surface area contributed by atoms with E-state index >= 15 is 0 Å². The average molecular weight is 300 g/mol. The van der Waals surface area contributed by atoms with Gasteiger partial charge in [0.15, 0.2) is 0 Å². The summed E-state index contributed by atoms with van der Waals surface area (Å²) in [7, 11) is -1.87. The molecule has 0 aromatic carbocycles. The van der Waals surface area contributed by atoms with E-state index in [4.69, 9.17) is 5.73 Å². The molecular formula is C13H24N4O2S. The van der Waals surface area contributed by atoms with E-state index in [-0.39, 0.29) is 17.5 Å². The Morgan fingerprint density at radius 1 is 1.40 bits per heavy atom. The standard InChI is InChI=1S/C13H24N4O2S/c1-9-6-4-5-7-12(9)17(3)20(18,19)13-10(2)15-16-11(13)8-14/h9,12H,4-8,14H2,1-3H3,(H,15,16). The summed E-state index contributed by atoms with van der Waals surface area (Å²) in [6.45, 7) is 3.96. The summed E-state index contributed by atoms with van der Waals surface area (Å²) in [6.07, 6.45) is 4.28. The number of aromatic nitrogens is 2. The molecule has 0 bridgehead atoms. The Kier molecular flexibility index (Phi) is 4.51. The summed E-state index contributed by atoms with van der Waals surface area (Å²) in [4.78, 5) is 0.250. The number of aromatic amines is 1. The number of hydrogen-bond acceptors (Lipinski definition) is 4. The molecule has 1 saturated carbocycles. The van der Waals surface area contributed by atoms with Crippen molar-refractivity contribution in [2.45, 2.75) is 57.0 Å². The van der Waals surface area contributed by atoms with E-state index in [1.54, 1.807) is 14.0 Å². The van der Waals surface area contributed by atoms with Crippen molar-refractivity contribution in [2.24, 2.45) is 11.7 Å². The Morgan fingerprint density at radius 2 is 2.05 bits per heavy atom. The van der Waals surface area contributed by atoms with Crippen molar-refractivity contribution in [1.82, 2.24) is 14.5 Å². The molecule has 0 aliphatic heterocycles. The van der Waals surface area contributed by atoms with Crippen LogP contribution >= 0.6 is 0 Å². The van der Waals surface area contributed by atoms with Crippen molar-refractivity contribution >= 4 is 10.0 Å². The Hall–Kier alpha value is -0.920. The average Bonchev–Trinajstić information content (AvgIpc) is 2.80. The lowest BCUT2D eigenvalue weighted by molar-refractivity contribution is 0.213. The van der Waals surface area contributed by atoms with Crippen molar-refractivity contribution in [3.8, 4) is 0 Å². The smallest absolute Gasteiger partial charge is 0.246 e. The minimum absolute atomic E-state index is 0.0636. The Bertz CT molecular complexity index is 567. The lowest BCUT2D eigenvalue weighted by atomic mass is 9.86. The SMILES string of the molecule is Cc1[nH]nc(CN)c1S(=O)(=O)N(C)C1CCCCC1C. The van der Waals surface area contributed by atoms with Gasteiger partial charge in [-0.15, -0.1) is 0 Å². The fraction of sp³-hybridized carbons (Fsp3) is 0.769. The molecule has 1 aromatic rings. The van der Waals surface area contributed by atoms with Gasteiger partial charge in [-0.3, -0.25) is 5.10 Å². The van der Waals surface area contributed by atoms with Gasteiger partial charge in [-0.1, -0.05) is 19.8 Å². The second kappa shape index (κ2) is 5.83. The molecule has 7 heteroatoms. The van der Waals surface area contributed by atoms with Crippen LogP contribution in [0.5, 0.6) is 0 Å². The maximum Gasteiger partial charge on any atom is 0.246 e. The van der Waals surface area contributed by atoms with Crippen LogP contribution in [0.15, 0.2) is 4.90 Å². The predicted molar refractivity (Wildman–Crippen MR) is 77.6 cm³/mol. The van der Waals surface area contributed by atoms with Crippen molar-refractivity contribution < 1.29 is 8.42 Å². The highest BCUT2D eigenvalue weighted by Gasteiger charge is 2.35. The van der Waals surface area contributed by atoms with Gasteiger partial charge in [0.2, 0.25) is 10.0 Å². The highest BCUT2D eigenvalue weighted by atomic mass is 32.2. The maximum absolute atomic E-state index is 12.8. The molecule has 0 radical (unpaired) electrons. The minimum Gasteiger partial charge on any atom is -0.325 e. The van der Waals surface area contributed by atoms with E-state index in [0.29, 0.717) is 17.3 Å². The van der Waals surface area contributed by atoms with E-state index in [1.165, 1.54) is 10.7 Å². The third-order valence-electron chi connectivity index (χ3n) is 4.32. The summed E-state index contributed by atoms with van der Waals surface area (Å²) in [5, 5.41) is 6.72.